The molecule has 7 heteroatoms. The van der Waals surface area contributed by atoms with Crippen molar-refractivity contribution in [2.75, 3.05) is 6.26 Å². The molecule has 0 spiro atoms. The van der Waals surface area contributed by atoms with E-state index in [1.807, 2.05) is 6.92 Å². The molecule has 1 fully saturated rings. The van der Waals surface area contributed by atoms with Crippen molar-refractivity contribution >= 4 is 15.7 Å². The Morgan fingerprint density at radius 3 is 2.75 bits per heavy atom. The van der Waals surface area contributed by atoms with Crippen LogP contribution in [0.4, 0.5) is 0 Å². The molecule has 0 saturated heterocycles. The zero-order valence-electron chi connectivity index (χ0n) is 11.8. The average molecular weight is 299 g/mol. The van der Waals surface area contributed by atoms with Crippen LogP contribution in [0.2, 0.25) is 0 Å². The van der Waals surface area contributed by atoms with E-state index in [-0.39, 0.29) is 18.4 Å². The highest BCUT2D eigenvalue weighted by Crippen LogP contribution is 2.24. The van der Waals surface area contributed by atoms with E-state index in [0.29, 0.717) is 12.1 Å². The Kier molecular flexibility index (Phi) is 4.47. The highest BCUT2D eigenvalue weighted by atomic mass is 32.2. The van der Waals surface area contributed by atoms with E-state index in [2.05, 4.69) is 15.3 Å². The quantitative estimate of drug-likeness (QED) is 0.857. The maximum absolute atomic E-state index is 12.0. The predicted molar refractivity (Wildman–Crippen MR) is 76.1 cm³/mol. The minimum atomic E-state index is -3.13. The van der Waals surface area contributed by atoms with Crippen LogP contribution in [0, 0.1) is 6.92 Å². The van der Waals surface area contributed by atoms with Crippen LogP contribution >= 0.6 is 0 Å². The van der Waals surface area contributed by atoms with Crippen LogP contribution in [0.25, 0.3) is 0 Å². The Morgan fingerprint density at radius 1 is 1.45 bits per heavy atom. The number of hydrogen-bond donors (Lipinski definition) is 2. The van der Waals surface area contributed by atoms with Crippen LogP contribution in [-0.4, -0.2) is 41.8 Å². The number of aromatic nitrogens is 2. The number of aromatic amines is 1. The number of nitrogens with zero attached hydrogens (tertiary/aromatic N) is 1. The van der Waals surface area contributed by atoms with E-state index in [9.17, 15) is 13.2 Å². The van der Waals surface area contributed by atoms with Gasteiger partial charge in [0.05, 0.1) is 23.7 Å². The highest BCUT2D eigenvalue weighted by molar-refractivity contribution is 7.91. The van der Waals surface area contributed by atoms with Gasteiger partial charge >= 0.3 is 0 Å². The van der Waals surface area contributed by atoms with Gasteiger partial charge in [-0.1, -0.05) is 12.8 Å². The standard InChI is InChI=1S/C13H21N3O3S/c1-9-11(15-8-14-9)7-13(17)16-10-5-3-4-6-12(10)20(2,18)19/h8,10,12H,3-7H2,1-2H3,(H,14,15)(H,16,17)/t10-,12-/m1/s1. The van der Waals surface area contributed by atoms with Crippen LogP contribution < -0.4 is 5.32 Å². The highest BCUT2D eigenvalue weighted by Gasteiger charge is 2.33. The number of H-pyrrole nitrogens is 1. The Labute approximate surface area is 119 Å². The van der Waals surface area contributed by atoms with Gasteiger partial charge in [0.25, 0.3) is 0 Å². The van der Waals surface area contributed by atoms with Crippen LogP contribution in [0.5, 0.6) is 0 Å². The van der Waals surface area contributed by atoms with Gasteiger partial charge in [0.15, 0.2) is 9.84 Å². The van der Waals surface area contributed by atoms with E-state index in [1.165, 1.54) is 6.26 Å². The van der Waals surface area contributed by atoms with Crippen LogP contribution in [-0.2, 0) is 21.1 Å². The summed E-state index contributed by atoms with van der Waals surface area (Å²) in [4.78, 5) is 19.0. The maximum Gasteiger partial charge on any atom is 0.226 e. The van der Waals surface area contributed by atoms with Gasteiger partial charge in [-0.05, 0) is 19.8 Å². The Hall–Kier alpha value is -1.37. The summed E-state index contributed by atoms with van der Waals surface area (Å²) >= 11 is 0. The lowest BCUT2D eigenvalue weighted by Crippen LogP contribution is -2.48. The van der Waals surface area contributed by atoms with Gasteiger partial charge in [0, 0.05) is 18.0 Å². The van der Waals surface area contributed by atoms with Crippen molar-refractivity contribution in [1.29, 1.82) is 0 Å². The second-order valence-electron chi connectivity index (χ2n) is 5.48. The first-order valence-electron chi connectivity index (χ1n) is 6.85. The number of amides is 1. The van der Waals surface area contributed by atoms with Crippen molar-refractivity contribution in [3.05, 3.63) is 17.7 Å². The number of rotatable bonds is 4. The van der Waals surface area contributed by atoms with Gasteiger partial charge in [0.2, 0.25) is 5.91 Å². The molecular weight excluding hydrogens is 278 g/mol. The van der Waals surface area contributed by atoms with E-state index in [0.717, 1.165) is 25.0 Å². The number of carbonyl (C=O) groups is 1. The number of nitrogens with one attached hydrogen (secondary N) is 2. The largest absolute Gasteiger partial charge is 0.352 e. The number of hydrogen-bond acceptors (Lipinski definition) is 4. The van der Waals surface area contributed by atoms with Crippen molar-refractivity contribution in [2.24, 2.45) is 0 Å². The average Bonchev–Trinajstić information content (AvgIpc) is 2.74. The molecule has 1 amide bonds. The molecule has 112 valence electrons. The summed E-state index contributed by atoms with van der Waals surface area (Å²) in [5.74, 6) is -0.166. The van der Waals surface area contributed by atoms with Gasteiger partial charge in [-0.15, -0.1) is 0 Å². The molecular formula is C13H21N3O3S. The monoisotopic (exact) mass is 299 g/mol. The molecule has 1 heterocycles. The van der Waals surface area contributed by atoms with Crippen LogP contribution in [0.1, 0.15) is 37.1 Å². The molecule has 1 saturated carbocycles. The molecule has 0 aromatic carbocycles. The van der Waals surface area contributed by atoms with Gasteiger partial charge in [0.1, 0.15) is 0 Å². The summed E-state index contributed by atoms with van der Waals surface area (Å²) in [6.07, 6.45) is 6.20. The molecule has 0 radical (unpaired) electrons. The SMILES string of the molecule is Cc1[nH]cnc1CC(=O)N[C@@H]1CCCC[C@H]1S(C)(=O)=O. The second-order valence-corrected chi connectivity index (χ2v) is 7.74. The van der Waals surface area contributed by atoms with E-state index in [4.69, 9.17) is 0 Å². The molecule has 1 aromatic rings. The van der Waals surface area contributed by atoms with Gasteiger partial charge < -0.3 is 10.3 Å². The topological polar surface area (TPSA) is 91.9 Å². The molecule has 6 nitrogen and oxygen atoms in total. The number of sulfone groups is 1. The first-order chi connectivity index (χ1) is 9.38. The first-order valence-corrected chi connectivity index (χ1v) is 8.80. The Bertz CT molecular complexity index is 579. The smallest absolute Gasteiger partial charge is 0.226 e. The molecule has 2 N–H and O–H groups in total. The normalized spacial score (nSPS) is 23.5. The Morgan fingerprint density at radius 2 is 2.15 bits per heavy atom. The lowest BCUT2D eigenvalue weighted by molar-refractivity contribution is -0.121. The summed E-state index contributed by atoms with van der Waals surface area (Å²) in [6.45, 7) is 1.86. The second kappa shape index (κ2) is 5.95. The minimum Gasteiger partial charge on any atom is -0.352 e. The number of aryl methyl sites for hydroxylation is 1. The van der Waals surface area contributed by atoms with Gasteiger partial charge in [-0.3, -0.25) is 4.79 Å². The third kappa shape index (κ3) is 3.59. The fourth-order valence-corrected chi connectivity index (χ4v) is 4.15. The number of carbonyl (C=O) groups excluding carboxylic acids is 1. The van der Waals surface area contributed by atoms with Crippen molar-refractivity contribution in [2.45, 2.75) is 50.3 Å². The summed E-state index contributed by atoms with van der Waals surface area (Å²) in [5.41, 5.74) is 1.57. The molecule has 1 aliphatic rings. The fourth-order valence-electron chi connectivity index (χ4n) is 2.75. The van der Waals surface area contributed by atoms with Crippen molar-refractivity contribution < 1.29 is 13.2 Å². The molecule has 0 bridgehead atoms. The van der Waals surface area contributed by atoms with E-state index < -0.39 is 15.1 Å². The van der Waals surface area contributed by atoms with Crippen LogP contribution in [0.15, 0.2) is 6.33 Å². The van der Waals surface area contributed by atoms with Crippen molar-refractivity contribution in [3.63, 3.8) is 0 Å². The summed E-state index contributed by atoms with van der Waals surface area (Å²) in [6, 6.07) is -0.273. The predicted octanol–water partition coefficient (Wildman–Crippen LogP) is 0.733. The number of imidazole rings is 1. The minimum absolute atomic E-state index is 0.166. The first kappa shape index (κ1) is 15.0. The zero-order chi connectivity index (χ0) is 14.8. The lowest BCUT2D eigenvalue weighted by atomic mass is 9.94. The Balaban J connectivity index is 2.00. The van der Waals surface area contributed by atoms with E-state index in [1.54, 1.807) is 6.33 Å². The molecule has 1 aromatic heterocycles. The lowest BCUT2D eigenvalue weighted by Gasteiger charge is -2.30. The summed E-state index contributed by atoms with van der Waals surface area (Å²) < 4.78 is 23.6. The third-order valence-electron chi connectivity index (χ3n) is 3.86. The van der Waals surface area contributed by atoms with Gasteiger partial charge in [-0.25, -0.2) is 13.4 Å². The maximum atomic E-state index is 12.0. The summed E-state index contributed by atoms with van der Waals surface area (Å²) in [7, 11) is -3.13. The summed E-state index contributed by atoms with van der Waals surface area (Å²) in [5, 5.41) is 2.41. The van der Waals surface area contributed by atoms with Crippen molar-refractivity contribution in [3.8, 4) is 0 Å². The van der Waals surface area contributed by atoms with Gasteiger partial charge in [-0.2, -0.15) is 0 Å². The third-order valence-corrected chi connectivity index (χ3v) is 5.53. The van der Waals surface area contributed by atoms with E-state index >= 15 is 0 Å². The fraction of sp³-hybridized carbons (Fsp3) is 0.692. The zero-order valence-corrected chi connectivity index (χ0v) is 12.7. The molecule has 2 atom stereocenters. The molecule has 20 heavy (non-hydrogen) atoms. The molecule has 1 aliphatic carbocycles. The van der Waals surface area contributed by atoms with Crippen LogP contribution in [0.3, 0.4) is 0 Å². The molecule has 0 unspecified atom stereocenters. The molecule has 0 aliphatic heterocycles. The van der Waals surface area contributed by atoms with Crippen molar-refractivity contribution in [1.82, 2.24) is 15.3 Å². The molecule has 2 rings (SSSR count).